The van der Waals surface area contributed by atoms with E-state index in [2.05, 4.69) is 10.6 Å². The third-order valence-electron chi connectivity index (χ3n) is 3.52. The lowest BCUT2D eigenvalue weighted by Gasteiger charge is -2.13. The molecule has 2 aromatic rings. The van der Waals surface area contributed by atoms with Gasteiger partial charge >= 0.3 is 0 Å². The minimum atomic E-state index is -3.38. The summed E-state index contributed by atoms with van der Waals surface area (Å²) < 4.78 is 23.3. The number of hydrogen-bond acceptors (Lipinski definition) is 4. The van der Waals surface area contributed by atoms with E-state index in [9.17, 15) is 13.2 Å². The number of carbonyl (C=O) groups excluding carboxylic acids is 1. The number of benzene rings is 2. The average Bonchev–Trinajstić information content (AvgIpc) is 2.54. The van der Waals surface area contributed by atoms with Crippen molar-refractivity contribution in [3.63, 3.8) is 0 Å². The standard InChI is InChI=1S/C17H19ClN2O3S/c1-12-14(8-9-15(17(12)18)24(2,22)23)19-11-16(21)20-10-13-6-4-3-5-7-13/h3-9,19H,10-11H2,1-2H3,(H,20,21). The maximum atomic E-state index is 11.9. The molecule has 1 amide bonds. The lowest BCUT2D eigenvalue weighted by atomic mass is 10.2. The van der Waals surface area contributed by atoms with E-state index in [1.807, 2.05) is 30.3 Å². The van der Waals surface area contributed by atoms with Crippen molar-refractivity contribution in [1.29, 1.82) is 0 Å². The molecule has 2 rings (SSSR count). The molecule has 0 aliphatic carbocycles. The summed E-state index contributed by atoms with van der Waals surface area (Å²) in [6.07, 6.45) is 1.11. The predicted molar refractivity (Wildman–Crippen MR) is 96.1 cm³/mol. The fourth-order valence-corrected chi connectivity index (χ4v) is 3.55. The Hall–Kier alpha value is -2.05. The van der Waals surface area contributed by atoms with Crippen molar-refractivity contribution >= 4 is 33.0 Å². The van der Waals surface area contributed by atoms with Gasteiger partial charge in [0.25, 0.3) is 0 Å². The maximum absolute atomic E-state index is 11.9. The van der Waals surface area contributed by atoms with Crippen LogP contribution in [0.3, 0.4) is 0 Å². The molecule has 2 N–H and O–H groups in total. The van der Waals surface area contributed by atoms with Crippen molar-refractivity contribution in [3.05, 3.63) is 58.6 Å². The lowest BCUT2D eigenvalue weighted by molar-refractivity contribution is -0.119. The van der Waals surface area contributed by atoms with Crippen LogP contribution in [-0.2, 0) is 21.2 Å². The molecule has 0 spiro atoms. The highest BCUT2D eigenvalue weighted by Crippen LogP contribution is 2.30. The summed E-state index contributed by atoms with van der Waals surface area (Å²) in [4.78, 5) is 12.0. The largest absolute Gasteiger partial charge is 0.376 e. The average molecular weight is 367 g/mol. The number of anilines is 1. The molecule has 0 heterocycles. The monoisotopic (exact) mass is 366 g/mol. The lowest BCUT2D eigenvalue weighted by Crippen LogP contribution is -2.29. The zero-order chi connectivity index (χ0) is 17.7. The molecule has 5 nitrogen and oxygen atoms in total. The Morgan fingerprint density at radius 2 is 1.79 bits per heavy atom. The second-order valence-electron chi connectivity index (χ2n) is 5.44. The Balaban J connectivity index is 1.97. The topological polar surface area (TPSA) is 75.3 Å². The van der Waals surface area contributed by atoms with Crippen molar-refractivity contribution in [1.82, 2.24) is 5.32 Å². The van der Waals surface area contributed by atoms with Gasteiger partial charge in [0.05, 0.1) is 16.5 Å². The van der Waals surface area contributed by atoms with Gasteiger partial charge in [-0.3, -0.25) is 4.79 Å². The second-order valence-corrected chi connectivity index (χ2v) is 7.80. The fraction of sp³-hybridized carbons (Fsp3) is 0.235. The first-order chi connectivity index (χ1) is 11.3. The van der Waals surface area contributed by atoms with Crippen LogP contribution in [-0.4, -0.2) is 27.1 Å². The molecule has 7 heteroatoms. The molecule has 0 saturated heterocycles. The van der Waals surface area contributed by atoms with Gasteiger partial charge in [0.2, 0.25) is 5.91 Å². The van der Waals surface area contributed by atoms with Crippen LogP contribution in [0.1, 0.15) is 11.1 Å². The predicted octanol–water partition coefficient (Wildman–Crippen LogP) is 2.78. The summed E-state index contributed by atoms with van der Waals surface area (Å²) in [6.45, 7) is 2.23. The second kappa shape index (κ2) is 7.68. The van der Waals surface area contributed by atoms with Crippen molar-refractivity contribution in [2.45, 2.75) is 18.4 Å². The van der Waals surface area contributed by atoms with Crippen molar-refractivity contribution in [2.24, 2.45) is 0 Å². The van der Waals surface area contributed by atoms with Crippen LogP contribution in [0.15, 0.2) is 47.4 Å². The first-order valence-corrected chi connectivity index (χ1v) is 9.59. The Morgan fingerprint density at radius 1 is 1.12 bits per heavy atom. The molecule has 0 unspecified atom stereocenters. The molecule has 0 bridgehead atoms. The van der Waals surface area contributed by atoms with Crippen LogP contribution in [0.4, 0.5) is 5.69 Å². The van der Waals surface area contributed by atoms with E-state index in [1.54, 1.807) is 13.0 Å². The minimum Gasteiger partial charge on any atom is -0.376 e. The van der Waals surface area contributed by atoms with Gasteiger partial charge < -0.3 is 10.6 Å². The molecule has 128 valence electrons. The minimum absolute atomic E-state index is 0.0717. The smallest absolute Gasteiger partial charge is 0.239 e. The first kappa shape index (κ1) is 18.3. The molecule has 0 atom stereocenters. The zero-order valence-corrected chi connectivity index (χ0v) is 15.0. The van der Waals surface area contributed by atoms with Gasteiger partial charge in [0, 0.05) is 18.5 Å². The van der Waals surface area contributed by atoms with Gasteiger partial charge in [-0.25, -0.2) is 8.42 Å². The summed E-state index contributed by atoms with van der Waals surface area (Å²) in [5.41, 5.74) is 2.24. The summed E-state index contributed by atoms with van der Waals surface area (Å²) in [5, 5.41) is 5.96. The number of halogens is 1. The van der Waals surface area contributed by atoms with Gasteiger partial charge in [-0.1, -0.05) is 41.9 Å². The Labute approximate surface area is 147 Å². The van der Waals surface area contributed by atoms with Gasteiger partial charge in [0.1, 0.15) is 0 Å². The number of rotatable bonds is 6. The summed E-state index contributed by atoms with van der Waals surface area (Å²) >= 11 is 6.12. The maximum Gasteiger partial charge on any atom is 0.239 e. The number of nitrogens with one attached hydrogen (secondary N) is 2. The van der Waals surface area contributed by atoms with E-state index in [0.29, 0.717) is 17.8 Å². The van der Waals surface area contributed by atoms with Crippen LogP contribution in [0.25, 0.3) is 0 Å². The van der Waals surface area contributed by atoms with Gasteiger partial charge in [-0.05, 0) is 30.2 Å². The third-order valence-corrected chi connectivity index (χ3v) is 5.26. The van der Waals surface area contributed by atoms with E-state index >= 15 is 0 Å². The van der Waals surface area contributed by atoms with Crippen LogP contribution in [0.2, 0.25) is 5.02 Å². The van der Waals surface area contributed by atoms with Crippen molar-refractivity contribution in [2.75, 3.05) is 18.1 Å². The SMILES string of the molecule is Cc1c(NCC(=O)NCc2ccccc2)ccc(S(C)(=O)=O)c1Cl. The first-order valence-electron chi connectivity index (χ1n) is 7.32. The summed E-state index contributed by atoms with van der Waals surface area (Å²) in [5.74, 6) is -0.165. The molecule has 0 aliphatic rings. The summed E-state index contributed by atoms with van der Waals surface area (Å²) in [6, 6.07) is 12.7. The van der Waals surface area contributed by atoms with Crippen LogP contribution >= 0.6 is 11.6 Å². The highest BCUT2D eigenvalue weighted by Gasteiger charge is 2.16. The molecule has 0 aromatic heterocycles. The normalized spacial score (nSPS) is 11.1. The molecule has 0 saturated carbocycles. The third kappa shape index (κ3) is 4.72. The van der Waals surface area contributed by atoms with Crippen LogP contribution in [0, 0.1) is 6.92 Å². The molecule has 2 aromatic carbocycles. The molecule has 0 aliphatic heterocycles. The number of carbonyl (C=O) groups is 1. The summed E-state index contributed by atoms with van der Waals surface area (Å²) in [7, 11) is -3.38. The highest BCUT2D eigenvalue weighted by atomic mass is 35.5. The van der Waals surface area contributed by atoms with E-state index in [4.69, 9.17) is 11.6 Å². The van der Waals surface area contributed by atoms with Crippen molar-refractivity contribution in [3.8, 4) is 0 Å². The van der Waals surface area contributed by atoms with Crippen LogP contribution in [0.5, 0.6) is 0 Å². The number of sulfone groups is 1. The van der Waals surface area contributed by atoms with Crippen LogP contribution < -0.4 is 10.6 Å². The number of hydrogen-bond donors (Lipinski definition) is 2. The Bertz CT molecular complexity index is 836. The Kier molecular flexibility index (Phi) is 5.85. The zero-order valence-electron chi connectivity index (χ0n) is 13.5. The fourth-order valence-electron chi connectivity index (χ4n) is 2.17. The molecule has 0 radical (unpaired) electrons. The quantitative estimate of drug-likeness (QED) is 0.824. The number of amides is 1. The van der Waals surface area contributed by atoms with Gasteiger partial charge in [0.15, 0.2) is 9.84 Å². The molecule has 24 heavy (non-hydrogen) atoms. The van der Waals surface area contributed by atoms with E-state index in [0.717, 1.165) is 11.8 Å². The molecular weight excluding hydrogens is 348 g/mol. The molecular formula is C17H19ClN2O3S. The van der Waals surface area contributed by atoms with Gasteiger partial charge in [-0.2, -0.15) is 0 Å². The highest BCUT2D eigenvalue weighted by molar-refractivity contribution is 7.90. The van der Waals surface area contributed by atoms with Crippen molar-refractivity contribution < 1.29 is 13.2 Å². The van der Waals surface area contributed by atoms with E-state index in [1.165, 1.54) is 6.07 Å². The molecule has 0 fully saturated rings. The van der Waals surface area contributed by atoms with E-state index in [-0.39, 0.29) is 22.4 Å². The van der Waals surface area contributed by atoms with Gasteiger partial charge in [-0.15, -0.1) is 0 Å². The Morgan fingerprint density at radius 3 is 2.42 bits per heavy atom. The van der Waals surface area contributed by atoms with E-state index < -0.39 is 9.84 Å².